The van der Waals surface area contributed by atoms with Crippen molar-refractivity contribution in [3.63, 3.8) is 0 Å². The maximum Gasteiger partial charge on any atom is 0.438 e. The lowest BCUT2D eigenvalue weighted by Crippen LogP contribution is -2.75. The van der Waals surface area contributed by atoms with Crippen molar-refractivity contribution in [3.05, 3.63) is 0 Å². The molecule has 0 unspecified atom stereocenters. The molecule has 0 rings (SSSR count). The maximum absolute atomic E-state index is 13.1. The number of alkyl halides is 15. The predicted molar refractivity (Wildman–Crippen MR) is 54.2 cm³/mol. The number of hydrogen-bond donors (Lipinski definition) is 1. The lowest BCUT2D eigenvalue weighted by Gasteiger charge is -2.43. The molecule has 0 spiro atoms. The van der Waals surface area contributed by atoms with Crippen molar-refractivity contribution < 1.29 is 65.9 Å². The van der Waals surface area contributed by atoms with Gasteiger partial charge >= 0.3 is 41.7 Å². The molecule has 0 fully saturated rings. The van der Waals surface area contributed by atoms with Crippen molar-refractivity contribution in [2.45, 2.75) is 48.1 Å². The van der Waals surface area contributed by atoms with Crippen LogP contribution in [-0.4, -0.2) is 47.5 Å². The molecule has 0 aliphatic rings. The van der Waals surface area contributed by atoms with E-state index in [4.69, 9.17) is 0 Å². The maximum atomic E-state index is 13.1. The fraction of sp³-hybridized carbons (Fsp3) is 1.00. The molecule has 0 aliphatic carbocycles. The van der Waals surface area contributed by atoms with Crippen molar-refractivity contribution in [1.29, 1.82) is 0 Å². The van der Waals surface area contributed by atoms with Gasteiger partial charge in [-0.2, -0.15) is 74.1 Å². The highest BCUT2D eigenvalue weighted by Gasteiger charge is 2.95. The van der Waals surface area contributed by atoms with Crippen LogP contribution in [0.2, 0.25) is 0 Å². The van der Waals surface area contributed by atoms with Gasteiger partial charge in [0.15, 0.2) is 0 Å². The minimum atomic E-state index is -8.35. The second-order valence-electron chi connectivity index (χ2n) is 4.56. The van der Waals surface area contributed by atoms with E-state index >= 15 is 0 Å². The molecule has 0 N–H and O–H groups in total. The highest BCUT2D eigenvalue weighted by molar-refractivity contribution is 7.80. The normalized spacial score (nSPS) is 16.3. The van der Waals surface area contributed by atoms with Crippen LogP contribution in [0.1, 0.15) is 6.42 Å². The molecule has 0 radical (unpaired) electrons. The van der Waals surface area contributed by atoms with E-state index in [2.05, 4.69) is 12.6 Å². The van der Waals surface area contributed by atoms with Crippen LogP contribution in [0.3, 0.4) is 0 Å². The van der Waals surface area contributed by atoms with Gasteiger partial charge in [0.25, 0.3) is 0 Å². The Hall–Kier alpha value is -0.700. The molecule has 0 bridgehead atoms. The van der Waals surface area contributed by atoms with Crippen LogP contribution in [0.5, 0.6) is 0 Å². The van der Waals surface area contributed by atoms with E-state index in [0.717, 1.165) is 0 Å². The Kier molecular flexibility index (Phi) is 6.01. The van der Waals surface area contributed by atoms with Crippen LogP contribution in [-0.2, 0) is 0 Å². The molecule has 16 heteroatoms. The van der Waals surface area contributed by atoms with E-state index in [9.17, 15) is 65.9 Å². The van der Waals surface area contributed by atoms with Crippen LogP contribution in [0.15, 0.2) is 0 Å². The standard InChI is InChI=1S/C9H5F15S/c10-3(11,1-2-25)5(13,14)7(17,18)6(15,16)4(12,8(19,20)21)9(22,23)24/h25H,1-2H2. The second-order valence-corrected chi connectivity index (χ2v) is 5.00. The SMILES string of the molecule is FC(F)(F)C(F)(C(F)(F)F)C(F)(F)C(F)(F)C(F)(F)C(F)(F)CCS. The van der Waals surface area contributed by atoms with Gasteiger partial charge in [-0.15, -0.1) is 0 Å². The van der Waals surface area contributed by atoms with Crippen molar-refractivity contribution in [1.82, 2.24) is 0 Å². The van der Waals surface area contributed by atoms with Gasteiger partial charge in [0, 0.05) is 6.42 Å². The first kappa shape index (κ1) is 24.3. The molecule has 0 saturated carbocycles. The summed E-state index contributed by atoms with van der Waals surface area (Å²) in [6, 6.07) is 0. The molecular weight excluding hydrogens is 425 g/mol. The minimum absolute atomic E-state index is 1.40. The number of hydrogen-bond acceptors (Lipinski definition) is 1. The third kappa shape index (κ3) is 3.22. The van der Waals surface area contributed by atoms with E-state index < -0.39 is 53.9 Å². The van der Waals surface area contributed by atoms with E-state index in [0.29, 0.717) is 0 Å². The summed E-state index contributed by atoms with van der Waals surface area (Å²) in [5.74, 6) is -31.6. The monoisotopic (exact) mass is 430 g/mol. The molecule has 152 valence electrons. The summed E-state index contributed by atoms with van der Waals surface area (Å²) in [4.78, 5) is 0. The van der Waals surface area contributed by atoms with Crippen LogP contribution in [0, 0.1) is 0 Å². The zero-order chi connectivity index (χ0) is 20.9. The first-order valence-corrected chi connectivity index (χ1v) is 6.14. The van der Waals surface area contributed by atoms with E-state index in [1.807, 2.05) is 0 Å². The Bertz CT molecular complexity index is 458. The molecule has 0 aromatic carbocycles. The lowest BCUT2D eigenvalue weighted by molar-refractivity contribution is -0.457. The molecule has 0 atom stereocenters. The van der Waals surface area contributed by atoms with Crippen molar-refractivity contribution in [2.75, 3.05) is 5.75 Å². The molecule has 0 amide bonds. The Morgan fingerprint density at radius 3 is 1.04 bits per heavy atom. The summed E-state index contributed by atoms with van der Waals surface area (Å²) in [6.07, 6.45) is -18.2. The van der Waals surface area contributed by atoms with Gasteiger partial charge in [-0.05, 0) is 5.75 Å². The average Bonchev–Trinajstić information content (AvgIpc) is 2.33. The Morgan fingerprint density at radius 1 is 0.480 bits per heavy atom. The first-order valence-electron chi connectivity index (χ1n) is 5.50. The summed E-state index contributed by atoms with van der Waals surface area (Å²) in [6.45, 7) is 0. The molecule has 0 saturated heterocycles. The molecule has 0 heterocycles. The van der Waals surface area contributed by atoms with E-state index in [-0.39, 0.29) is 0 Å². The van der Waals surface area contributed by atoms with E-state index in [1.165, 1.54) is 0 Å². The third-order valence-electron chi connectivity index (χ3n) is 2.89. The van der Waals surface area contributed by atoms with Crippen LogP contribution in [0.25, 0.3) is 0 Å². The van der Waals surface area contributed by atoms with E-state index in [1.54, 1.807) is 0 Å². The Morgan fingerprint density at radius 2 is 0.800 bits per heavy atom. The largest absolute Gasteiger partial charge is 0.438 e. The highest BCUT2D eigenvalue weighted by atomic mass is 32.1. The zero-order valence-electron chi connectivity index (χ0n) is 11.0. The molecule has 0 aromatic rings. The number of rotatable bonds is 6. The average molecular weight is 430 g/mol. The second kappa shape index (κ2) is 6.18. The van der Waals surface area contributed by atoms with Crippen molar-refractivity contribution in [3.8, 4) is 0 Å². The topological polar surface area (TPSA) is 0 Å². The van der Waals surface area contributed by atoms with Gasteiger partial charge < -0.3 is 0 Å². The molecule has 0 aliphatic heterocycles. The van der Waals surface area contributed by atoms with Gasteiger partial charge in [0.05, 0.1) is 0 Å². The fourth-order valence-electron chi connectivity index (χ4n) is 1.46. The highest BCUT2D eigenvalue weighted by Crippen LogP contribution is 2.64. The minimum Gasteiger partial charge on any atom is -0.216 e. The summed E-state index contributed by atoms with van der Waals surface area (Å²) in [5.41, 5.74) is -8.24. The fourth-order valence-corrected chi connectivity index (χ4v) is 1.74. The predicted octanol–water partition coefficient (Wildman–Crippen LogP) is 5.68. The summed E-state index contributed by atoms with van der Waals surface area (Å²) in [7, 11) is 0. The first-order chi connectivity index (χ1) is 10.6. The van der Waals surface area contributed by atoms with Crippen molar-refractivity contribution in [2.24, 2.45) is 0 Å². The quantitative estimate of drug-likeness (QED) is 0.407. The van der Waals surface area contributed by atoms with Gasteiger partial charge in [-0.1, -0.05) is 0 Å². The third-order valence-corrected chi connectivity index (χ3v) is 3.11. The molecular formula is C9H5F15S. The lowest BCUT2D eigenvalue weighted by atomic mass is 9.85. The number of thiol groups is 1. The van der Waals surface area contributed by atoms with Crippen LogP contribution in [0.4, 0.5) is 65.9 Å². The Labute approximate surface area is 133 Å². The molecule has 25 heavy (non-hydrogen) atoms. The molecule has 0 aromatic heterocycles. The van der Waals surface area contributed by atoms with Crippen molar-refractivity contribution >= 4 is 12.6 Å². The zero-order valence-corrected chi connectivity index (χ0v) is 11.9. The van der Waals surface area contributed by atoms with Gasteiger partial charge in [0.2, 0.25) is 0 Å². The smallest absolute Gasteiger partial charge is 0.216 e. The van der Waals surface area contributed by atoms with Crippen LogP contribution >= 0.6 is 12.6 Å². The summed E-state index contributed by atoms with van der Waals surface area (Å²) in [5, 5.41) is 0. The van der Waals surface area contributed by atoms with Crippen LogP contribution < -0.4 is 0 Å². The summed E-state index contributed by atoms with van der Waals surface area (Å²) < 4.78 is 190. The molecule has 0 nitrogen and oxygen atoms in total. The van der Waals surface area contributed by atoms with Gasteiger partial charge in [-0.3, -0.25) is 0 Å². The van der Waals surface area contributed by atoms with Gasteiger partial charge in [-0.25, -0.2) is 4.39 Å². The van der Waals surface area contributed by atoms with Gasteiger partial charge in [0.1, 0.15) is 0 Å². The Balaban J connectivity index is 6.64. The summed E-state index contributed by atoms with van der Waals surface area (Å²) >= 11 is 2.88. The number of halogens is 15.